The number of hydrogen-bond acceptors (Lipinski definition) is 7. The van der Waals surface area contributed by atoms with Gasteiger partial charge in [-0.3, -0.25) is 19.9 Å². The average Bonchev–Trinajstić information content (AvgIpc) is 3.32. The van der Waals surface area contributed by atoms with Gasteiger partial charge in [-0.2, -0.15) is 10.3 Å². The Hall–Kier alpha value is -4.00. The molecule has 10 heteroatoms. The van der Waals surface area contributed by atoms with E-state index in [2.05, 4.69) is 96.3 Å². The minimum absolute atomic E-state index is 0. The van der Waals surface area contributed by atoms with Crippen LogP contribution in [-0.2, 0) is 19.5 Å². The number of thiocarbonyl (C=S) groups is 2. The molecule has 6 rings (SSSR count). The number of aryl methyl sites for hydroxylation is 4. The molecule has 0 N–H and O–H groups in total. The van der Waals surface area contributed by atoms with Crippen molar-refractivity contribution in [3.63, 3.8) is 0 Å². The molecule has 5 aromatic heterocycles. The molecular weight excluding hydrogens is 702 g/mol. The first-order valence-corrected chi connectivity index (χ1v) is 14.6. The molecule has 0 amide bonds. The summed E-state index contributed by atoms with van der Waals surface area (Å²) in [6, 6.07) is 28.2. The van der Waals surface area contributed by atoms with Gasteiger partial charge in [0.25, 0.3) is 0 Å². The maximum Gasteiger partial charge on any atom is 2.00 e. The number of pyridine rings is 4. The molecule has 0 atom stereocenters. The van der Waals surface area contributed by atoms with E-state index in [9.17, 15) is 0 Å². The van der Waals surface area contributed by atoms with E-state index >= 15 is 0 Å². The van der Waals surface area contributed by atoms with Crippen molar-refractivity contribution in [3.05, 3.63) is 141 Å². The van der Waals surface area contributed by atoms with Gasteiger partial charge in [-0.25, -0.2) is 0 Å². The normalized spacial score (nSPS) is 8.71. The van der Waals surface area contributed by atoms with Crippen molar-refractivity contribution in [1.29, 1.82) is 0 Å². The number of hydrogen-bond donors (Lipinski definition) is 0. The van der Waals surface area contributed by atoms with E-state index in [-0.39, 0.29) is 26.9 Å². The summed E-state index contributed by atoms with van der Waals surface area (Å²) in [7, 11) is 0. The predicted molar refractivity (Wildman–Crippen MR) is 194 cm³/mol. The van der Waals surface area contributed by atoms with E-state index in [1.165, 1.54) is 42.0 Å². The Morgan fingerprint density at radius 3 is 1.18 bits per heavy atom. The summed E-state index contributed by atoms with van der Waals surface area (Å²) in [6.07, 6.45) is 7.16. The molecule has 0 fully saturated rings. The number of fused-ring (bicyclic) bond motifs is 1. The standard InChI is InChI=1S/C12H12N2.C10H8N2.C10H10S.2CNS.CH4.Ru/c1-9-3-5-13-11(7-9)12-8-10(2)4-6-14-12;1-3-7-11-9(5-1)10-6-2-4-8-12-10;1-7-9-5-3-4-6-10(9)8(2)11-7;2*2-1-3;;/h3-8H,1-2H3;1-8H;3-6H,1-2H3;;;1H4;/q;;;2*-1;;+2. The third-order valence-electron chi connectivity index (χ3n) is 5.68. The smallest absolute Gasteiger partial charge is 0.753 e. The molecule has 6 aromatic rings. The fourth-order valence-corrected chi connectivity index (χ4v) is 4.85. The molecule has 0 radical (unpaired) electrons. The van der Waals surface area contributed by atoms with Gasteiger partial charge in [0.05, 0.1) is 22.8 Å². The van der Waals surface area contributed by atoms with Crippen LogP contribution >= 0.6 is 35.8 Å². The zero-order valence-corrected chi connectivity index (χ0v) is 28.8. The van der Waals surface area contributed by atoms with Gasteiger partial charge in [0.15, 0.2) is 0 Å². The maximum atomic E-state index is 7.13. The van der Waals surface area contributed by atoms with Gasteiger partial charge < -0.3 is 10.8 Å². The summed E-state index contributed by atoms with van der Waals surface area (Å²) >= 11 is 9.28. The van der Waals surface area contributed by atoms with Gasteiger partial charge in [-0.15, -0.1) is 11.3 Å². The van der Waals surface area contributed by atoms with E-state index in [4.69, 9.17) is 10.8 Å². The fraction of sp³-hybridized carbons (Fsp3) is 0.143. The van der Waals surface area contributed by atoms with Crippen LogP contribution in [0.1, 0.15) is 28.3 Å². The SMILES string of the molecule is C.Cc1ccnc(-c2cc(C)ccn2)c1.Cc1sc(C)c2ccccc12.[N-]=C=S.[N-]=C=S.[Ru+2].c1ccc(-c2ccccn2)nc1. The van der Waals surface area contributed by atoms with Crippen molar-refractivity contribution in [3.8, 4) is 22.8 Å². The van der Waals surface area contributed by atoms with Crippen LogP contribution < -0.4 is 0 Å². The molecule has 0 spiro atoms. The fourth-order valence-electron chi connectivity index (χ4n) is 3.82. The predicted octanol–water partition coefficient (Wildman–Crippen LogP) is 10.4. The van der Waals surface area contributed by atoms with Crippen molar-refractivity contribution in [2.24, 2.45) is 0 Å². The summed E-state index contributed by atoms with van der Waals surface area (Å²) in [5, 5.41) is 19.8. The monoisotopic (exact) mass is 736 g/mol. The summed E-state index contributed by atoms with van der Waals surface area (Å²) in [6.45, 7) is 8.47. The Balaban J connectivity index is 0.000000583. The van der Waals surface area contributed by atoms with Crippen LogP contribution in [0.4, 0.5) is 0 Å². The van der Waals surface area contributed by atoms with Crippen LogP contribution in [0.2, 0.25) is 0 Å². The van der Waals surface area contributed by atoms with E-state index in [0.717, 1.165) is 22.8 Å². The zero-order chi connectivity index (χ0) is 31.5. The van der Waals surface area contributed by atoms with Gasteiger partial charge in [0, 0.05) is 34.5 Å². The Kier molecular flexibility index (Phi) is 21.3. The molecule has 0 aliphatic heterocycles. The van der Waals surface area contributed by atoms with Crippen LogP contribution in [0.5, 0.6) is 0 Å². The summed E-state index contributed by atoms with van der Waals surface area (Å²) in [5.41, 5.74) is 6.12. The molecule has 45 heavy (non-hydrogen) atoms. The van der Waals surface area contributed by atoms with Crippen molar-refractivity contribution >= 4 is 56.9 Å². The quantitative estimate of drug-likeness (QED) is 0.0998. The number of nitrogens with zero attached hydrogens (tertiary/aromatic N) is 6. The second-order valence-electron chi connectivity index (χ2n) is 8.81. The number of benzene rings is 1. The van der Waals surface area contributed by atoms with Crippen molar-refractivity contribution in [2.45, 2.75) is 35.1 Å². The third-order valence-corrected chi connectivity index (χ3v) is 6.73. The summed E-state index contributed by atoms with van der Waals surface area (Å²) in [5.74, 6) is 0. The Bertz CT molecular complexity index is 1640. The number of thiophene rings is 1. The first-order valence-electron chi connectivity index (χ1n) is 13.0. The van der Waals surface area contributed by atoms with E-state index in [1.807, 2.05) is 84.4 Å². The second kappa shape index (κ2) is 23.4. The van der Waals surface area contributed by atoms with Crippen LogP contribution in [0.3, 0.4) is 0 Å². The molecule has 6 nitrogen and oxygen atoms in total. The molecule has 5 heterocycles. The Labute approximate surface area is 293 Å². The first kappa shape index (κ1) is 41.0. The molecule has 0 saturated carbocycles. The molecule has 1 aromatic carbocycles. The van der Waals surface area contributed by atoms with E-state index in [0.29, 0.717) is 0 Å². The van der Waals surface area contributed by atoms with Crippen LogP contribution in [0.25, 0.3) is 44.4 Å². The van der Waals surface area contributed by atoms with E-state index < -0.39 is 0 Å². The molecule has 0 bridgehead atoms. The third kappa shape index (κ3) is 14.6. The van der Waals surface area contributed by atoms with Crippen LogP contribution in [-0.4, -0.2) is 30.3 Å². The van der Waals surface area contributed by atoms with Crippen molar-refractivity contribution < 1.29 is 19.5 Å². The van der Waals surface area contributed by atoms with Gasteiger partial charge in [-0.1, -0.05) is 68.3 Å². The number of rotatable bonds is 2. The minimum atomic E-state index is 0. The molecular formula is C35H34N6RuS3. The number of aromatic nitrogens is 4. The van der Waals surface area contributed by atoms with Gasteiger partial charge in [0.2, 0.25) is 0 Å². The van der Waals surface area contributed by atoms with Crippen LogP contribution in [0.15, 0.2) is 110 Å². The average molecular weight is 736 g/mol. The zero-order valence-electron chi connectivity index (χ0n) is 24.7. The summed E-state index contributed by atoms with van der Waals surface area (Å²) in [4.78, 5) is 19.8. The topological polar surface area (TPSA) is 96.2 Å². The minimum Gasteiger partial charge on any atom is -0.753 e. The van der Waals surface area contributed by atoms with Gasteiger partial charge in [0.1, 0.15) is 0 Å². The molecule has 0 unspecified atom stereocenters. The van der Waals surface area contributed by atoms with Crippen LogP contribution in [0, 0.1) is 27.7 Å². The van der Waals surface area contributed by atoms with Crippen molar-refractivity contribution in [1.82, 2.24) is 19.9 Å². The Morgan fingerprint density at radius 1 is 0.533 bits per heavy atom. The van der Waals surface area contributed by atoms with Gasteiger partial charge >= 0.3 is 19.5 Å². The largest absolute Gasteiger partial charge is 2.00 e. The second-order valence-corrected chi connectivity index (χ2v) is 10.6. The van der Waals surface area contributed by atoms with Gasteiger partial charge in [-0.05, 0) is 98.1 Å². The molecule has 0 aliphatic rings. The first-order chi connectivity index (χ1) is 20.8. The molecule has 0 aliphatic carbocycles. The summed E-state index contributed by atoms with van der Waals surface area (Å²) < 4.78 is 0. The molecule has 230 valence electrons. The van der Waals surface area contributed by atoms with E-state index in [1.54, 1.807) is 12.4 Å². The Morgan fingerprint density at radius 2 is 0.867 bits per heavy atom. The molecule has 0 saturated heterocycles. The number of isothiocyanates is 2. The van der Waals surface area contributed by atoms with Crippen molar-refractivity contribution in [2.75, 3.05) is 0 Å². The maximum absolute atomic E-state index is 7.13.